The van der Waals surface area contributed by atoms with E-state index in [1.54, 1.807) is 31.2 Å². The molecule has 0 saturated carbocycles. The molecule has 1 amide bonds. The number of hydrogen-bond donors (Lipinski definition) is 1. The Bertz CT molecular complexity index is 1340. The number of rotatable bonds is 2. The van der Waals surface area contributed by atoms with Crippen LogP contribution < -0.4 is 11.2 Å². The average Bonchev–Trinajstić information content (AvgIpc) is 2.74. The van der Waals surface area contributed by atoms with E-state index in [0.29, 0.717) is 41.9 Å². The van der Waals surface area contributed by atoms with Gasteiger partial charge in [-0.05, 0) is 49.9 Å². The van der Waals surface area contributed by atoms with Crippen LogP contribution in [0.15, 0.2) is 44.3 Å². The first-order valence-electron chi connectivity index (χ1n) is 10.6. The summed E-state index contributed by atoms with van der Waals surface area (Å²) in [5.74, 6) is 0.324. The molecule has 2 aromatic heterocycles. The zero-order valence-electron chi connectivity index (χ0n) is 17.6. The van der Waals surface area contributed by atoms with Crippen molar-refractivity contribution >= 4 is 16.9 Å². The lowest BCUT2D eigenvalue weighted by Gasteiger charge is -2.42. The van der Waals surface area contributed by atoms with E-state index in [1.807, 2.05) is 22.5 Å². The standard InChI is InChI=1S/C24H24N2O5/c1-13-17-6-7-20(27)14(2)23(17)31-24(30)18(13)9-22(29)25-10-15-8-16(12-25)19-4-3-5-21(28)26(19)11-15/h3-7,15-16,27H,8-12H2,1-2H3. The van der Waals surface area contributed by atoms with E-state index in [4.69, 9.17) is 4.42 Å². The number of likely N-dealkylation sites (tertiary alicyclic amines) is 1. The fourth-order valence-corrected chi connectivity index (χ4v) is 5.15. The minimum Gasteiger partial charge on any atom is -0.508 e. The van der Waals surface area contributed by atoms with Gasteiger partial charge < -0.3 is 19.0 Å². The number of carbonyl (C=O) groups excluding carboxylic acids is 1. The van der Waals surface area contributed by atoms with Crippen molar-refractivity contribution in [3.05, 3.63) is 73.5 Å². The van der Waals surface area contributed by atoms with E-state index >= 15 is 0 Å². The molecule has 0 aliphatic carbocycles. The highest BCUT2D eigenvalue weighted by Crippen LogP contribution is 2.35. The minimum atomic E-state index is -0.541. The number of hydrogen-bond acceptors (Lipinski definition) is 5. The molecule has 1 fully saturated rings. The fraction of sp³-hybridized carbons (Fsp3) is 0.375. The molecule has 3 aromatic rings. The SMILES string of the molecule is Cc1c(CC(=O)N2CC3CC(C2)c2cccc(=O)n2C3)c(=O)oc2c(C)c(O)ccc12. The van der Waals surface area contributed by atoms with Gasteiger partial charge in [-0.15, -0.1) is 0 Å². The molecular formula is C24H24N2O5. The molecule has 2 bridgehead atoms. The number of aromatic hydroxyl groups is 1. The third kappa shape index (κ3) is 3.15. The lowest BCUT2D eigenvalue weighted by Crippen LogP contribution is -2.49. The van der Waals surface area contributed by atoms with E-state index in [9.17, 15) is 19.5 Å². The average molecular weight is 420 g/mol. The molecule has 7 heteroatoms. The molecule has 5 rings (SSSR count). The molecule has 1 aromatic carbocycles. The molecule has 4 heterocycles. The monoisotopic (exact) mass is 420 g/mol. The number of phenolic OH excluding ortho intramolecular Hbond substituents is 1. The number of amides is 1. The van der Waals surface area contributed by atoms with Crippen LogP contribution in [0.2, 0.25) is 0 Å². The first-order valence-corrected chi connectivity index (χ1v) is 10.6. The van der Waals surface area contributed by atoms with Crippen molar-refractivity contribution in [2.45, 2.75) is 39.2 Å². The van der Waals surface area contributed by atoms with E-state index < -0.39 is 5.63 Å². The van der Waals surface area contributed by atoms with Gasteiger partial charge in [-0.2, -0.15) is 0 Å². The number of fused-ring (bicyclic) bond motifs is 5. The van der Waals surface area contributed by atoms with Crippen LogP contribution >= 0.6 is 0 Å². The number of aryl methyl sites for hydroxylation is 2. The van der Waals surface area contributed by atoms with Crippen LogP contribution in [0.1, 0.15) is 34.7 Å². The van der Waals surface area contributed by atoms with Crippen LogP contribution in [-0.2, 0) is 17.8 Å². The lowest BCUT2D eigenvalue weighted by molar-refractivity contribution is -0.133. The molecule has 0 radical (unpaired) electrons. The van der Waals surface area contributed by atoms with Gasteiger partial charge in [-0.3, -0.25) is 9.59 Å². The molecule has 31 heavy (non-hydrogen) atoms. The largest absolute Gasteiger partial charge is 0.508 e. The van der Waals surface area contributed by atoms with E-state index in [0.717, 1.165) is 17.5 Å². The molecule has 1 N–H and O–H groups in total. The predicted molar refractivity (Wildman–Crippen MR) is 115 cm³/mol. The number of aromatic nitrogens is 1. The topological polar surface area (TPSA) is 92.8 Å². The van der Waals surface area contributed by atoms with Gasteiger partial charge in [-0.1, -0.05) is 6.07 Å². The third-order valence-corrected chi connectivity index (χ3v) is 6.84. The second-order valence-corrected chi connectivity index (χ2v) is 8.75. The Kier molecular flexibility index (Phi) is 4.50. The van der Waals surface area contributed by atoms with Crippen molar-refractivity contribution in [1.29, 1.82) is 0 Å². The van der Waals surface area contributed by atoms with Crippen LogP contribution in [-0.4, -0.2) is 33.6 Å². The van der Waals surface area contributed by atoms with Crippen LogP contribution in [0, 0.1) is 19.8 Å². The van der Waals surface area contributed by atoms with Crippen molar-refractivity contribution in [2.75, 3.05) is 13.1 Å². The number of carbonyl (C=O) groups is 1. The summed E-state index contributed by atoms with van der Waals surface area (Å²) in [7, 11) is 0. The van der Waals surface area contributed by atoms with E-state index in [-0.39, 0.29) is 35.5 Å². The zero-order valence-corrected chi connectivity index (χ0v) is 17.6. The Morgan fingerprint density at radius 2 is 1.90 bits per heavy atom. The van der Waals surface area contributed by atoms with Crippen LogP contribution in [0.4, 0.5) is 0 Å². The number of pyridine rings is 1. The van der Waals surface area contributed by atoms with Gasteiger partial charge in [0, 0.05) is 48.3 Å². The van der Waals surface area contributed by atoms with Gasteiger partial charge in [0.15, 0.2) is 0 Å². The van der Waals surface area contributed by atoms with Gasteiger partial charge in [0.25, 0.3) is 5.56 Å². The van der Waals surface area contributed by atoms with Crippen LogP contribution in [0.3, 0.4) is 0 Å². The first-order chi connectivity index (χ1) is 14.8. The molecule has 1 saturated heterocycles. The molecule has 2 aliphatic rings. The molecular weight excluding hydrogens is 396 g/mol. The van der Waals surface area contributed by atoms with Gasteiger partial charge in [0.1, 0.15) is 11.3 Å². The van der Waals surface area contributed by atoms with Crippen molar-refractivity contribution in [2.24, 2.45) is 5.92 Å². The van der Waals surface area contributed by atoms with Gasteiger partial charge in [0.2, 0.25) is 5.91 Å². The van der Waals surface area contributed by atoms with Gasteiger partial charge in [0.05, 0.1) is 12.0 Å². The van der Waals surface area contributed by atoms with Crippen molar-refractivity contribution < 1.29 is 14.3 Å². The molecule has 0 spiro atoms. The zero-order chi connectivity index (χ0) is 21.9. The quantitative estimate of drug-likeness (QED) is 0.643. The number of piperidine rings is 1. The normalized spacial score (nSPS) is 20.0. The molecule has 160 valence electrons. The van der Waals surface area contributed by atoms with E-state index in [2.05, 4.69) is 0 Å². The minimum absolute atomic E-state index is 0.0118. The highest BCUT2D eigenvalue weighted by Gasteiger charge is 2.36. The highest BCUT2D eigenvalue weighted by molar-refractivity contribution is 5.87. The molecule has 2 unspecified atom stereocenters. The Labute approximate surface area is 178 Å². The second kappa shape index (κ2) is 7.11. The maximum absolute atomic E-state index is 13.2. The maximum atomic E-state index is 13.2. The summed E-state index contributed by atoms with van der Waals surface area (Å²) in [6, 6.07) is 8.61. The Morgan fingerprint density at radius 1 is 1.10 bits per heavy atom. The summed E-state index contributed by atoms with van der Waals surface area (Å²) in [4.78, 5) is 39.9. The Hall–Kier alpha value is -3.35. The second-order valence-electron chi connectivity index (χ2n) is 8.75. The van der Waals surface area contributed by atoms with Crippen LogP contribution in [0.25, 0.3) is 11.0 Å². The molecule has 2 aliphatic heterocycles. The first kappa shape index (κ1) is 19.6. The summed E-state index contributed by atoms with van der Waals surface area (Å²) >= 11 is 0. The highest BCUT2D eigenvalue weighted by atomic mass is 16.4. The van der Waals surface area contributed by atoms with Gasteiger partial charge in [-0.25, -0.2) is 4.79 Å². The predicted octanol–water partition coefficient (Wildman–Crippen LogP) is 2.47. The lowest BCUT2D eigenvalue weighted by atomic mass is 9.83. The smallest absolute Gasteiger partial charge is 0.340 e. The van der Waals surface area contributed by atoms with Crippen molar-refractivity contribution in [3.8, 4) is 5.75 Å². The van der Waals surface area contributed by atoms with Crippen LogP contribution in [0.5, 0.6) is 5.75 Å². The Balaban J connectivity index is 1.44. The maximum Gasteiger partial charge on any atom is 0.340 e. The van der Waals surface area contributed by atoms with Gasteiger partial charge >= 0.3 is 5.63 Å². The summed E-state index contributed by atoms with van der Waals surface area (Å²) in [6.07, 6.45) is 0.943. The molecule has 7 nitrogen and oxygen atoms in total. The summed E-state index contributed by atoms with van der Waals surface area (Å²) < 4.78 is 7.32. The number of phenols is 1. The Morgan fingerprint density at radius 3 is 2.71 bits per heavy atom. The molecule has 2 atom stereocenters. The van der Waals surface area contributed by atoms with Crippen molar-refractivity contribution in [3.63, 3.8) is 0 Å². The summed E-state index contributed by atoms with van der Waals surface area (Å²) in [5, 5.41) is 10.6. The number of nitrogens with zero attached hydrogens (tertiary/aromatic N) is 2. The summed E-state index contributed by atoms with van der Waals surface area (Å²) in [5.41, 5.74) is 2.38. The third-order valence-electron chi connectivity index (χ3n) is 6.84. The summed E-state index contributed by atoms with van der Waals surface area (Å²) in [6.45, 7) is 5.26. The van der Waals surface area contributed by atoms with E-state index in [1.165, 1.54) is 0 Å². The van der Waals surface area contributed by atoms with Crippen molar-refractivity contribution in [1.82, 2.24) is 9.47 Å². The fourth-order valence-electron chi connectivity index (χ4n) is 5.15. The number of benzene rings is 1.